The highest BCUT2D eigenvalue weighted by molar-refractivity contribution is 5.25. The third kappa shape index (κ3) is 1.81. The van der Waals surface area contributed by atoms with Crippen molar-refractivity contribution >= 4 is 0 Å². The number of likely N-dealkylation sites (tertiary alicyclic amines) is 1. The third-order valence-electron chi connectivity index (χ3n) is 3.06. The van der Waals surface area contributed by atoms with Crippen LogP contribution in [-0.4, -0.2) is 25.0 Å². The lowest BCUT2D eigenvalue weighted by molar-refractivity contribution is 0.179. The Morgan fingerprint density at radius 1 is 1.29 bits per heavy atom. The first-order chi connectivity index (χ1) is 6.71. The first kappa shape index (κ1) is 9.69. The molecule has 1 aromatic carbocycles. The summed E-state index contributed by atoms with van der Waals surface area (Å²) < 4.78 is 0. The zero-order valence-electron chi connectivity index (χ0n) is 8.74. The Morgan fingerprint density at radius 2 is 2.00 bits per heavy atom. The van der Waals surface area contributed by atoms with Gasteiger partial charge in [0.15, 0.2) is 0 Å². The van der Waals surface area contributed by atoms with Gasteiger partial charge in [-0.3, -0.25) is 0 Å². The largest absolute Gasteiger partial charge is 0.320 e. The molecule has 0 spiro atoms. The maximum absolute atomic E-state index is 6.43. The lowest BCUT2D eigenvalue weighted by Crippen LogP contribution is -2.50. The van der Waals surface area contributed by atoms with Gasteiger partial charge in [0.1, 0.15) is 0 Å². The van der Waals surface area contributed by atoms with Crippen LogP contribution in [0.4, 0.5) is 0 Å². The van der Waals surface area contributed by atoms with E-state index < -0.39 is 0 Å². The molecular weight excluding hydrogens is 172 g/mol. The molecule has 14 heavy (non-hydrogen) atoms. The van der Waals surface area contributed by atoms with Gasteiger partial charge in [-0.2, -0.15) is 0 Å². The van der Waals surface area contributed by atoms with E-state index in [1.165, 1.54) is 18.5 Å². The van der Waals surface area contributed by atoms with Gasteiger partial charge in [0.2, 0.25) is 0 Å². The fourth-order valence-electron chi connectivity index (χ4n) is 2.31. The zero-order chi connectivity index (χ0) is 10.0. The molecule has 0 bridgehead atoms. The normalized spacial score (nSPS) is 29.0. The van der Waals surface area contributed by atoms with Crippen LogP contribution in [0.5, 0.6) is 0 Å². The van der Waals surface area contributed by atoms with Crippen molar-refractivity contribution < 1.29 is 0 Å². The molecule has 0 radical (unpaired) electrons. The van der Waals surface area contributed by atoms with Crippen molar-refractivity contribution in [1.29, 1.82) is 0 Å². The van der Waals surface area contributed by atoms with Crippen LogP contribution in [0.15, 0.2) is 30.3 Å². The molecule has 2 rings (SSSR count). The molecule has 0 saturated carbocycles. The SMILES string of the molecule is CN1CCCC(N)(c2ccccc2)C1. The fraction of sp³-hybridized carbons (Fsp3) is 0.500. The quantitative estimate of drug-likeness (QED) is 0.728. The lowest BCUT2D eigenvalue weighted by Gasteiger charge is -2.39. The lowest BCUT2D eigenvalue weighted by atomic mass is 9.83. The maximum atomic E-state index is 6.43. The number of nitrogens with two attached hydrogens (primary N) is 1. The standard InChI is InChI=1S/C12H18N2/c1-14-9-5-8-12(13,10-14)11-6-3-2-4-7-11/h2-4,6-7H,5,8-10,13H2,1H3. The molecule has 1 saturated heterocycles. The van der Waals surface area contributed by atoms with Gasteiger partial charge in [0.25, 0.3) is 0 Å². The van der Waals surface area contributed by atoms with E-state index in [1.807, 2.05) is 6.07 Å². The summed E-state index contributed by atoms with van der Waals surface area (Å²) >= 11 is 0. The minimum atomic E-state index is -0.131. The van der Waals surface area contributed by atoms with Crippen LogP contribution in [0.1, 0.15) is 18.4 Å². The van der Waals surface area contributed by atoms with Crippen LogP contribution in [-0.2, 0) is 5.54 Å². The number of likely N-dealkylation sites (N-methyl/N-ethyl adjacent to an activating group) is 1. The Labute approximate surface area is 85.7 Å². The third-order valence-corrected chi connectivity index (χ3v) is 3.06. The summed E-state index contributed by atoms with van der Waals surface area (Å²) in [7, 11) is 2.14. The molecule has 1 unspecified atom stereocenters. The second kappa shape index (κ2) is 3.71. The molecule has 1 aliphatic heterocycles. The topological polar surface area (TPSA) is 29.3 Å². The molecule has 1 fully saturated rings. The Hall–Kier alpha value is -0.860. The second-order valence-electron chi connectivity index (χ2n) is 4.36. The minimum absolute atomic E-state index is 0.131. The first-order valence-corrected chi connectivity index (χ1v) is 5.24. The molecule has 2 nitrogen and oxygen atoms in total. The van der Waals surface area contributed by atoms with Crippen LogP contribution in [0, 0.1) is 0 Å². The molecule has 1 aromatic rings. The van der Waals surface area contributed by atoms with Crippen molar-refractivity contribution in [3.63, 3.8) is 0 Å². The Morgan fingerprint density at radius 3 is 2.64 bits per heavy atom. The van der Waals surface area contributed by atoms with Crippen LogP contribution in [0.3, 0.4) is 0 Å². The van der Waals surface area contributed by atoms with Gasteiger partial charge in [0.05, 0.1) is 5.54 Å². The maximum Gasteiger partial charge on any atom is 0.0538 e. The van der Waals surface area contributed by atoms with Crippen molar-refractivity contribution in [3.05, 3.63) is 35.9 Å². The van der Waals surface area contributed by atoms with Gasteiger partial charge < -0.3 is 10.6 Å². The summed E-state index contributed by atoms with van der Waals surface area (Å²) in [5.41, 5.74) is 7.57. The van der Waals surface area contributed by atoms with E-state index in [2.05, 4.69) is 36.2 Å². The fourth-order valence-corrected chi connectivity index (χ4v) is 2.31. The predicted octanol–water partition coefficient (Wildman–Crippen LogP) is 1.57. The molecule has 0 aliphatic carbocycles. The van der Waals surface area contributed by atoms with Crippen LogP contribution in [0.2, 0.25) is 0 Å². The van der Waals surface area contributed by atoms with Crippen LogP contribution >= 0.6 is 0 Å². The summed E-state index contributed by atoms with van der Waals surface area (Å²) in [6.45, 7) is 2.14. The molecule has 0 amide bonds. The molecule has 1 atom stereocenters. The smallest absolute Gasteiger partial charge is 0.0538 e. The van der Waals surface area contributed by atoms with Crippen LogP contribution in [0.25, 0.3) is 0 Å². The summed E-state index contributed by atoms with van der Waals surface area (Å²) in [5, 5.41) is 0. The Kier molecular flexibility index (Phi) is 2.57. The van der Waals surface area contributed by atoms with E-state index in [0.29, 0.717) is 0 Å². The van der Waals surface area contributed by atoms with Gasteiger partial charge in [-0.15, -0.1) is 0 Å². The molecule has 0 aromatic heterocycles. The van der Waals surface area contributed by atoms with E-state index in [0.717, 1.165) is 13.0 Å². The number of nitrogens with zero attached hydrogens (tertiary/aromatic N) is 1. The van der Waals surface area contributed by atoms with E-state index in [-0.39, 0.29) is 5.54 Å². The highest BCUT2D eigenvalue weighted by atomic mass is 15.1. The predicted molar refractivity (Wildman–Crippen MR) is 59.0 cm³/mol. The zero-order valence-corrected chi connectivity index (χ0v) is 8.74. The van der Waals surface area contributed by atoms with Crippen molar-refractivity contribution in [2.45, 2.75) is 18.4 Å². The number of hydrogen-bond donors (Lipinski definition) is 1. The second-order valence-corrected chi connectivity index (χ2v) is 4.36. The average molecular weight is 190 g/mol. The highest BCUT2D eigenvalue weighted by Gasteiger charge is 2.31. The Bertz CT molecular complexity index is 296. The number of hydrogen-bond acceptors (Lipinski definition) is 2. The first-order valence-electron chi connectivity index (χ1n) is 5.24. The molecule has 2 N–H and O–H groups in total. The minimum Gasteiger partial charge on any atom is -0.320 e. The van der Waals surface area contributed by atoms with Gasteiger partial charge in [0, 0.05) is 6.54 Å². The van der Waals surface area contributed by atoms with Crippen molar-refractivity contribution in [3.8, 4) is 0 Å². The van der Waals surface area contributed by atoms with E-state index in [4.69, 9.17) is 5.73 Å². The highest BCUT2D eigenvalue weighted by Crippen LogP contribution is 2.27. The summed E-state index contributed by atoms with van der Waals surface area (Å²) in [4.78, 5) is 2.32. The summed E-state index contributed by atoms with van der Waals surface area (Å²) in [5.74, 6) is 0. The average Bonchev–Trinajstić information content (AvgIpc) is 2.19. The van der Waals surface area contributed by atoms with Gasteiger partial charge in [-0.05, 0) is 32.0 Å². The molecule has 1 aliphatic rings. The number of rotatable bonds is 1. The number of benzene rings is 1. The van der Waals surface area contributed by atoms with Crippen LogP contribution < -0.4 is 5.73 Å². The molecule has 2 heteroatoms. The monoisotopic (exact) mass is 190 g/mol. The summed E-state index contributed by atoms with van der Waals surface area (Å²) in [6.07, 6.45) is 2.29. The molecule has 1 heterocycles. The Balaban J connectivity index is 2.23. The van der Waals surface area contributed by atoms with Gasteiger partial charge in [-0.1, -0.05) is 30.3 Å². The van der Waals surface area contributed by atoms with Gasteiger partial charge in [-0.25, -0.2) is 0 Å². The van der Waals surface area contributed by atoms with E-state index >= 15 is 0 Å². The molecule has 76 valence electrons. The molecular formula is C12H18N2. The van der Waals surface area contributed by atoms with Crippen molar-refractivity contribution in [2.75, 3.05) is 20.1 Å². The van der Waals surface area contributed by atoms with Crippen molar-refractivity contribution in [2.24, 2.45) is 5.73 Å². The summed E-state index contributed by atoms with van der Waals surface area (Å²) in [6, 6.07) is 10.5. The van der Waals surface area contributed by atoms with E-state index in [1.54, 1.807) is 0 Å². The van der Waals surface area contributed by atoms with E-state index in [9.17, 15) is 0 Å². The van der Waals surface area contributed by atoms with Crippen molar-refractivity contribution in [1.82, 2.24) is 4.90 Å². The van der Waals surface area contributed by atoms with Gasteiger partial charge >= 0.3 is 0 Å². The number of piperidine rings is 1.